The maximum absolute atomic E-state index is 12.4. The van der Waals surface area contributed by atoms with Crippen molar-refractivity contribution in [2.45, 2.75) is 17.6 Å². The Morgan fingerprint density at radius 3 is 2.58 bits per heavy atom. The van der Waals surface area contributed by atoms with Crippen LogP contribution in [0.4, 0.5) is 5.69 Å². The van der Waals surface area contributed by atoms with Crippen molar-refractivity contribution in [3.05, 3.63) is 40.1 Å². The Kier molecular flexibility index (Phi) is 3.69. The van der Waals surface area contributed by atoms with Gasteiger partial charge < -0.3 is 5.73 Å². The van der Waals surface area contributed by atoms with Crippen LogP contribution in [0, 0.1) is 6.92 Å². The molecule has 0 fully saturated rings. The number of benzene rings is 1. The van der Waals surface area contributed by atoms with E-state index in [1.807, 2.05) is 6.92 Å². The van der Waals surface area contributed by atoms with Gasteiger partial charge in [-0.15, -0.1) is 0 Å². The zero-order valence-corrected chi connectivity index (χ0v) is 13.0. The predicted octanol–water partition coefficient (Wildman–Crippen LogP) is 2.05. The van der Waals surface area contributed by atoms with Gasteiger partial charge in [0.05, 0.1) is 22.0 Å². The lowest BCUT2D eigenvalue weighted by molar-refractivity contribution is 0.591. The molecule has 1 aromatic carbocycles. The summed E-state index contributed by atoms with van der Waals surface area (Å²) in [5.41, 5.74) is 7.58. The largest absolute Gasteiger partial charge is 0.399 e. The highest BCUT2D eigenvalue weighted by Gasteiger charge is 2.20. The fraction of sp³-hybridized carbons (Fsp3) is 0.250. The molecule has 0 atom stereocenters. The molecule has 2 N–H and O–H groups in total. The van der Waals surface area contributed by atoms with E-state index in [2.05, 4.69) is 21.0 Å². The summed E-state index contributed by atoms with van der Waals surface area (Å²) in [6.07, 6.45) is 0. The molecule has 5 nitrogen and oxygen atoms in total. The fourth-order valence-corrected chi connectivity index (χ4v) is 4.42. The number of nitrogens with two attached hydrogens (primary N) is 1. The van der Waals surface area contributed by atoms with Gasteiger partial charge in [0.1, 0.15) is 0 Å². The van der Waals surface area contributed by atoms with Crippen molar-refractivity contribution >= 4 is 31.5 Å². The lowest BCUT2D eigenvalue weighted by atomic mass is 10.3. The van der Waals surface area contributed by atoms with Crippen LogP contribution in [0.2, 0.25) is 0 Å². The summed E-state index contributed by atoms with van der Waals surface area (Å²) in [4.78, 5) is 0.237. The molecule has 0 spiro atoms. The molecule has 2 rings (SSSR count). The number of nitrogen functional groups attached to an aromatic ring is 1. The molecule has 0 aliphatic rings. The maximum Gasteiger partial charge on any atom is 0.185 e. The van der Waals surface area contributed by atoms with Crippen LogP contribution in [0.15, 0.2) is 33.6 Å². The third-order valence-electron chi connectivity index (χ3n) is 2.73. The van der Waals surface area contributed by atoms with E-state index in [-0.39, 0.29) is 10.6 Å². The van der Waals surface area contributed by atoms with Crippen LogP contribution in [0.3, 0.4) is 0 Å². The molecule has 102 valence electrons. The minimum absolute atomic E-state index is 0.0904. The number of aromatic nitrogens is 2. The first kappa shape index (κ1) is 14.1. The fourth-order valence-electron chi connectivity index (χ4n) is 1.84. The van der Waals surface area contributed by atoms with Gasteiger partial charge in [-0.25, -0.2) is 8.42 Å². The molecule has 1 heterocycles. The first-order valence-electron chi connectivity index (χ1n) is 5.57. The van der Waals surface area contributed by atoms with Crippen LogP contribution < -0.4 is 5.73 Å². The number of rotatable bonds is 3. The molecule has 0 aliphatic carbocycles. The van der Waals surface area contributed by atoms with Crippen molar-refractivity contribution < 1.29 is 8.42 Å². The van der Waals surface area contributed by atoms with E-state index in [0.29, 0.717) is 15.9 Å². The van der Waals surface area contributed by atoms with Gasteiger partial charge in [0.2, 0.25) is 0 Å². The smallest absolute Gasteiger partial charge is 0.185 e. The molecule has 0 saturated heterocycles. The van der Waals surface area contributed by atoms with Gasteiger partial charge in [0, 0.05) is 17.2 Å². The lowest BCUT2D eigenvalue weighted by Crippen LogP contribution is -2.09. The molecular weight excluding hydrogens is 330 g/mol. The van der Waals surface area contributed by atoms with Gasteiger partial charge in [-0.3, -0.25) is 4.68 Å². The number of anilines is 1. The summed E-state index contributed by atoms with van der Waals surface area (Å²) in [7, 11) is -1.70. The van der Waals surface area contributed by atoms with Crippen molar-refractivity contribution in [1.29, 1.82) is 0 Å². The third-order valence-corrected chi connectivity index (χ3v) is 5.35. The molecule has 0 bridgehead atoms. The molecule has 0 amide bonds. The van der Waals surface area contributed by atoms with Crippen LogP contribution in [0.25, 0.3) is 0 Å². The van der Waals surface area contributed by atoms with Gasteiger partial charge in [-0.2, -0.15) is 5.10 Å². The van der Waals surface area contributed by atoms with Crippen molar-refractivity contribution in [2.75, 3.05) is 5.73 Å². The predicted molar refractivity (Wildman–Crippen MR) is 77.4 cm³/mol. The van der Waals surface area contributed by atoms with Crippen molar-refractivity contribution in [3.63, 3.8) is 0 Å². The Bertz CT molecular complexity index is 723. The van der Waals surface area contributed by atoms with Crippen LogP contribution in [-0.2, 0) is 22.6 Å². The van der Waals surface area contributed by atoms with Gasteiger partial charge in [-0.05, 0) is 47.1 Å². The SMILES string of the molecule is Cc1cc(CS(=O)(=O)c2ccc(N)cc2Br)n(C)n1. The number of sulfone groups is 1. The van der Waals surface area contributed by atoms with E-state index in [4.69, 9.17) is 5.73 Å². The second-order valence-electron chi connectivity index (χ2n) is 4.35. The minimum atomic E-state index is -3.43. The normalized spacial score (nSPS) is 11.7. The zero-order valence-electron chi connectivity index (χ0n) is 10.6. The van der Waals surface area contributed by atoms with E-state index in [9.17, 15) is 8.42 Å². The number of hydrogen-bond donors (Lipinski definition) is 1. The summed E-state index contributed by atoms with van der Waals surface area (Å²) in [5.74, 6) is -0.0904. The summed E-state index contributed by atoms with van der Waals surface area (Å²) in [5, 5.41) is 4.15. The zero-order chi connectivity index (χ0) is 14.2. The second kappa shape index (κ2) is 4.97. The molecular formula is C12H14BrN3O2S. The van der Waals surface area contributed by atoms with E-state index < -0.39 is 9.84 Å². The van der Waals surface area contributed by atoms with Crippen molar-refractivity contribution in [1.82, 2.24) is 9.78 Å². The highest BCUT2D eigenvalue weighted by molar-refractivity contribution is 9.10. The summed E-state index contributed by atoms with van der Waals surface area (Å²) in [6.45, 7) is 1.83. The highest BCUT2D eigenvalue weighted by atomic mass is 79.9. The lowest BCUT2D eigenvalue weighted by Gasteiger charge is -2.07. The average Bonchev–Trinajstić information content (AvgIpc) is 2.55. The monoisotopic (exact) mass is 343 g/mol. The second-order valence-corrected chi connectivity index (χ2v) is 7.16. The highest BCUT2D eigenvalue weighted by Crippen LogP contribution is 2.27. The van der Waals surface area contributed by atoms with E-state index in [1.165, 1.54) is 6.07 Å². The van der Waals surface area contributed by atoms with Crippen LogP contribution in [0.5, 0.6) is 0 Å². The Balaban J connectivity index is 2.40. The summed E-state index contributed by atoms with van der Waals surface area (Å²) >= 11 is 3.24. The Morgan fingerprint density at radius 2 is 2.05 bits per heavy atom. The van der Waals surface area contributed by atoms with E-state index in [0.717, 1.165) is 5.69 Å². The number of halogens is 1. The average molecular weight is 344 g/mol. The van der Waals surface area contributed by atoms with Gasteiger partial charge >= 0.3 is 0 Å². The quantitative estimate of drug-likeness (QED) is 0.865. The first-order chi connectivity index (χ1) is 8.79. The van der Waals surface area contributed by atoms with Gasteiger partial charge in [-0.1, -0.05) is 0 Å². The molecule has 0 saturated carbocycles. The Morgan fingerprint density at radius 1 is 1.37 bits per heavy atom. The third kappa shape index (κ3) is 2.98. The van der Waals surface area contributed by atoms with Crippen LogP contribution >= 0.6 is 15.9 Å². The Hall–Kier alpha value is -1.34. The summed E-state index contributed by atoms with van der Waals surface area (Å²) < 4.78 is 26.8. The molecule has 19 heavy (non-hydrogen) atoms. The van der Waals surface area contributed by atoms with Crippen molar-refractivity contribution in [2.24, 2.45) is 7.05 Å². The number of aryl methyl sites for hydroxylation is 2. The minimum Gasteiger partial charge on any atom is -0.399 e. The summed E-state index contributed by atoms with van der Waals surface area (Å²) in [6, 6.07) is 6.44. The molecule has 2 aromatic rings. The molecule has 7 heteroatoms. The van der Waals surface area contributed by atoms with Crippen LogP contribution in [0.1, 0.15) is 11.4 Å². The van der Waals surface area contributed by atoms with Crippen molar-refractivity contribution in [3.8, 4) is 0 Å². The van der Waals surface area contributed by atoms with E-state index >= 15 is 0 Å². The topological polar surface area (TPSA) is 78.0 Å². The van der Waals surface area contributed by atoms with Gasteiger partial charge in [0.15, 0.2) is 9.84 Å². The van der Waals surface area contributed by atoms with Crippen LogP contribution in [-0.4, -0.2) is 18.2 Å². The standard InChI is InChI=1S/C12H14BrN3O2S/c1-8-5-10(16(2)15-8)7-19(17,18)12-4-3-9(14)6-11(12)13/h3-6H,7,14H2,1-2H3. The molecule has 0 aliphatic heterocycles. The molecule has 1 aromatic heterocycles. The number of hydrogen-bond acceptors (Lipinski definition) is 4. The maximum atomic E-state index is 12.4. The first-order valence-corrected chi connectivity index (χ1v) is 8.01. The van der Waals surface area contributed by atoms with E-state index in [1.54, 1.807) is 29.9 Å². The molecule has 0 unspecified atom stereocenters. The number of nitrogens with zero attached hydrogens (tertiary/aromatic N) is 2. The molecule has 0 radical (unpaired) electrons. The Labute approximate surface area is 120 Å². The van der Waals surface area contributed by atoms with Gasteiger partial charge in [0.25, 0.3) is 0 Å².